The number of aryl methyl sites for hydroxylation is 2. The molecule has 0 aliphatic rings. The van der Waals surface area contributed by atoms with Crippen LogP contribution in [0.3, 0.4) is 0 Å². The highest BCUT2D eigenvalue weighted by Crippen LogP contribution is 2.19. The van der Waals surface area contributed by atoms with Crippen LogP contribution in [0.25, 0.3) is 0 Å². The first-order valence-electron chi connectivity index (χ1n) is 7.25. The molecule has 1 amide bonds. The number of carbonyl (C=O) groups excluding carboxylic acids is 2. The molecule has 118 valence electrons. The summed E-state index contributed by atoms with van der Waals surface area (Å²) in [7, 11) is 1.83. The maximum Gasteiger partial charge on any atom is 0.331 e. The van der Waals surface area contributed by atoms with Crippen LogP contribution in [0.5, 0.6) is 0 Å². The number of ether oxygens (including phenoxy) is 1. The Morgan fingerprint density at radius 3 is 2.62 bits per heavy atom. The van der Waals surface area contributed by atoms with Crippen molar-refractivity contribution >= 4 is 11.9 Å². The van der Waals surface area contributed by atoms with Gasteiger partial charge in [-0.15, -0.1) is 0 Å². The van der Waals surface area contributed by atoms with E-state index in [0.29, 0.717) is 19.4 Å². The molecule has 0 bridgehead atoms. The second kappa shape index (κ2) is 7.24. The third kappa shape index (κ3) is 4.58. The molecule has 6 heteroatoms. The molecule has 0 aliphatic carbocycles. The highest BCUT2D eigenvalue weighted by molar-refractivity contribution is 5.88. The van der Waals surface area contributed by atoms with Crippen molar-refractivity contribution in [3.63, 3.8) is 0 Å². The Kier molecular flexibility index (Phi) is 5.93. The first kappa shape index (κ1) is 17.2. The van der Waals surface area contributed by atoms with Gasteiger partial charge in [-0.05, 0) is 31.7 Å². The maximum atomic E-state index is 12.1. The monoisotopic (exact) mass is 295 g/mol. The average molecular weight is 295 g/mol. The molecule has 1 aromatic heterocycles. The largest absolute Gasteiger partial charge is 0.464 e. The van der Waals surface area contributed by atoms with E-state index in [1.54, 1.807) is 24.7 Å². The number of esters is 1. The molecule has 1 heterocycles. The Morgan fingerprint density at radius 1 is 1.48 bits per heavy atom. The van der Waals surface area contributed by atoms with Gasteiger partial charge in [0.15, 0.2) is 0 Å². The van der Waals surface area contributed by atoms with Crippen LogP contribution in [0.1, 0.15) is 39.7 Å². The van der Waals surface area contributed by atoms with Gasteiger partial charge in [0.2, 0.25) is 5.91 Å². The standard InChI is InChI=1S/C15H25N3O3/c1-6-21-14(20)15(4,11(2)3)17-13(19)8-7-12-9-16-18(5)10-12/h9-11H,6-8H2,1-5H3,(H,17,19). The summed E-state index contributed by atoms with van der Waals surface area (Å²) in [6, 6.07) is 0. The summed E-state index contributed by atoms with van der Waals surface area (Å²) in [6.45, 7) is 7.53. The minimum atomic E-state index is -0.998. The Bertz CT molecular complexity index is 496. The molecule has 0 spiro atoms. The minimum Gasteiger partial charge on any atom is -0.464 e. The van der Waals surface area contributed by atoms with Gasteiger partial charge in [-0.25, -0.2) is 4.79 Å². The summed E-state index contributed by atoms with van der Waals surface area (Å²) >= 11 is 0. The quantitative estimate of drug-likeness (QED) is 0.773. The van der Waals surface area contributed by atoms with Gasteiger partial charge in [-0.2, -0.15) is 5.10 Å². The van der Waals surface area contributed by atoms with Crippen molar-refractivity contribution in [2.24, 2.45) is 13.0 Å². The number of hydrogen-bond donors (Lipinski definition) is 1. The smallest absolute Gasteiger partial charge is 0.331 e. The minimum absolute atomic E-state index is 0.0566. The number of rotatable bonds is 7. The lowest BCUT2D eigenvalue weighted by Gasteiger charge is -2.32. The van der Waals surface area contributed by atoms with Crippen molar-refractivity contribution in [3.05, 3.63) is 18.0 Å². The fourth-order valence-electron chi connectivity index (χ4n) is 1.92. The maximum absolute atomic E-state index is 12.1. The van der Waals surface area contributed by atoms with E-state index in [9.17, 15) is 9.59 Å². The first-order valence-corrected chi connectivity index (χ1v) is 7.25. The molecule has 21 heavy (non-hydrogen) atoms. The molecule has 1 aromatic rings. The summed E-state index contributed by atoms with van der Waals surface area (Å²) in [5.74, 6) is -0.614. The highest BCUT2D eigenvalue weighted by atomic mass is 16.5. The van der Waals surface area contributed by atoms with Crippen molar-refractivity contribution in [1.82, 2.24) is 15.1 Å². The molecule has 0 aliphatic heterocycles. The van der Waals surface area contributed by atoms with E-state index in [1.807, 2.05) is 27.1 Å². The zero-order valence-electron chi connectivity index (χ0n) is 13.5. The summed E-state index contributed by atoms with van der Waals surface area (Å²) in [6.07, 6.45) is 4.52. The molecular weight excluding hydrogens is 270 g/mol. The topological polar surface area (TPSA) is 73.2 Å². The predicted molar refractivity (Wildman–Crippen MR) is 79.5 cm³/mol. The van der Waals surface area contributed by atoms with E-state index >= 15 is 0 Å². The van der Waals surface area contributed by atoms with E-state index in [2.05, 4.69) is 10.4 Å². The summed E-state index contributed by atoms with van der Waals surface area (Å²) in [4.78, 5) is 24.2. The van der Waals surface area contributed by atoms with E-state index in [1.165, 1.54) is 0 Å². The summed E-state index contributed by atoms with van der Waals surface area (Å²) in [5.41, 5.74) is -0.00258. The molecule has 1 unspecified atom stereocenters. The Labute approximate surface area is 125 Å². The third-order valence-corrected chi connectivity index (χ3v) is 3.65. The van der Waals surface area contributed by atoms with E-state index < -0.39 is 11.5 Å². The van der Waals surface area contributed by atoms with Crippen LogP contribution < -0.4 is 5.32 Å². The van der Waals surface area contributed by atoms with Gasteiger partial charge in [-0.3, -0.25) is 9.48 Å². The Hall–Kier alpha value is -1.85. The van der Waals surface area contributed by atoms with Crippen LogP contribution in [0.15, 0.2) is 12.4 Å². The second-order valence-electron chi connectivity index (χ2n) is 5.65. The molecule has 0 fully saturated rings. The van der Waals surface area contributed by atoms with Gasteiger partial charge in [0, 0.05) is 19.7 Å². The molecule has 1 N–H and O–H groups in total. The van der Waals surface area contributed by atoms with Crippen molar-refractivity contribution in [1.29, 1.82) is 0 Å². The lowest BCUT2D eigenvalue weighted by atomic mass is 9.88. The molecule has 6 nitrogen and oxygen atoms in total. The average Bonchev–Trinajstić information content (AvgIpc) is 2.82. The molecule has 0 saturated heterocycles. The zero-order chi connectivity index (χ0) is 16.0. The number of carbonyl (C=O) groups is 2. The fraction of sp³-hybridized carbons (Fsp3) is 0.667. The van der Waals surface area contributed by atoms with Crippen molar-refractivity contribution in [2.75, 3.05) is 6.61 Å². The van der Waals surface area contributed by atoms with Gasteiger partial charge >= 0.3 is 5.97 Å². The number of hydrogen-bond acceptors (Lipinski definition) is 4. The predicted octanol–water partition coefficient (Wildman–Crippen LogP) is 1.45. The van der Waals surface area contributed by atoms with Gasteiger partial charge < -0.3 is 10.1 Å². The molecule has 0 radical (unpaired) electrons. The zero-order valence-corrected chi connectivity index (χ0v) is 13.5. The SMILES string of the molecule is CCOC(=O)C(C)(NC(=O)CCc1cnn(C)c1)C(C)C. The number of aromatic nitrogens is 2. The van der Waals surface area contributed by atoms with Crippen molar-refractivity contribution < 1.29 is 14.3 Å². The number of amides is 1. The summed E-state index contributed by atoms with van der Waals surface area (Å²) < 4.78 is 6.77. The van der Waals surface area contributed by atoms with E-state index in [4.69, 9.17) is 4.74 Å². The molecule has 0 saturated carbocycles. The van der Waals surface area contributed by atoms with Crippen molar-refractivity contribution in [2.45, 2.75) is 46.1 Å². The molecular formula is C15H25N3O3. The second-order valence-corrected chi connectivity index (χ2v) is 5.65. The third-order valence-electron chi connectivity index (χ3n) is 3.65. The molecule has 0 aromatic carbocycles. The normalized spacial score (nSPS) is 13.8. The van der Waals surface area contributed by atoms with Gasteiger partial charge in [0.1, 0.15) is 5.54 Å². The van der Waals surface area contributed by atoms with Crippen LogP contribution in [0, 0.1) is 5.92 Å². The molecule has 1 rings (SSSR count). The lowest BCUT2D eigenvalue weighted by molar-refractivity contribution is -0.154. The fourth-order valence-corrected chi connectivity index (χ4v) is 1.92. The van der Waals surface area contributed by atoms with Crippen molar-refractivity contribution in [3.8, 4) is 0 Å². The molecule has 1 atom stereocenters. The van der Waals surface area contributed by atoms with Gasteiger partial charge in [-0.1, -0.05) is 13.8 Å². The van der Waals surface area contributed by atoms with E-state index in [-0.39, 0.29) is 11.8 Å². The number of nitrogens with one attached hydrogen (secondary N) is 1. The van der Waals surface area contributed by atoms with Gasteiger partial charge in [0.05, 0.1) is 12.8 Å². The lowest BCUT2D eigenvalue weighted by Crippen LogP contribution is -2.56. The Balaban J connectivity index is 2.62. The highest BCUT2D eigenvalue weighted by Gasteiger charge is 2.39. The van der Waals surface area contributed by atoms with Crippen LogP contribution in [0.2, 0.25) is 0 Å². The summed E-state index contributed by atoms with van der Waals surface area (Å²) in [5, 5.41) is 6.87. The van der Waals surface area contributed by atoms with Crippen LogP contribution >= 0.6 is 0 Å². The Morgan fingerprint density at radius 2 is 2.14 bits per heavy atom. The number of nitrogens with zero attached hydrogens (tertiary/aromatic N) is 2. The van der Waals surface area contributed by atoms with Crippen LogP contribution in [0.4, 0.5) is 0 Å². The first-order chi connectivity index (χ1) is 9.79. The van der Waals surface area contributed by atoms with Gasteiger partial charge in [0.25, 0.3) is 0 Å². The van der Waals surface area contributed by atoms with Crippen LogP contribution in [-0.2, 0) is 27.8 Å². The van der Waals surface area contributed by atoms with E-state index in [0.717, 1.165) is 5.56 Å². The van der Waals surface area contributed by atoms with Crippen LogP contribution in [-0.4, -0.2) is 33.8 Å².